The van der Waals surface area contributed by atoms with Crippen LogP contribution in [0.15, 0.2) is 42.5 Å². The molecule has 3 heterocycles. The van der Waals surface area contributed by atoms with Crippen molar-refractivity contribution in [3.63, 3.8) is 0 Å². The van der Waals surface area contributed by atoms with E-state index in [1.807, 2.05) is 11.8 Å². The summed E-state index contributed by atoms with van der Waals surface area (Å²) in [5.41, 5.74) is 6.70. The number of likely N-dealkylation sites (N-methyl/N-ethyl adjacent to an activating group) is 1. The highest BCUT2D eigenvalue weighted by molar-refractivity contribution is 5.83. The second-order valence-electron chi connectivity index (χ2n) is 8.89. The number of nitrogens with two attached hydrogens (primary N) is 1. The average molecular weight is 519 g/mol. The molecule has 10 nitrogen and oxygen atoms in total. The van der Waals surface area contributed by atoms with E-state index >= 15 is 4.39 Å². The Hall–Kier alpha value is -4.47. The number of nitrogen functional groups attached to an aromatic ring is 1. The Morgan fingerprint density at radius 3 is 2.79 bits per heavy atom. The lowest BCUT2D eigenvalue weighted by Crippen LogP contribution is -2.40. The van der Waals surface area contributed by atoms with Gasteiger partial charge in [-0.05, 0) is 36.7 Å². The number of carbonyl (C=O) groups is 1. The van der Waals surface area contributed by atoms with E-state index in [0.717, 1.165) is 4.52 Å². The van der Waals surface area contributed by atoms with Crippen molar-refractivity contribution in [2.75, 3.05) is 18.8 Å². The van der Waals surface area contributed by atoms with Gasteiger partial charge in [-0.3, -0.25) is 9.69 Å². The van der Waals surface area contributed by atoms with Gasteiger partial charge in [0.1, 0.15) is 23.8 Å². The molecule has 0 radical (unpaired) electrons. The number of hydrogen-bond donors (Lipinski definition) is 3. The van der Waals surface area contributed by atoms with Crippen molar-refractivity contribution in [2.24, 2.45) is 0 Å². The highest BCUT2D eigenvalue weighted by Gasteiger charge is 2.31. The van der Waals surface area contributed by atoms with Gasteiger partial charge in [-0.1, -0.05) is 25.1 Å². The molecule has 4 N–H and O–H groups in total. The molecule has 194 valence electrons. The molecule has 0 spiro atoms. The van der Waals surface area contributed by atoms with Crippen LogP contribution in [0.1, 0.15) is 42.0 Å². The van der Waals surface area contributed by atoms with Crippen LogP contribution in [0.4, 0.5) is 14.7 Å². The molecule has 1 aliphatic rings. The molecule has 12 heteroatoms. The van der Waals surface area contributed by atoms with Crippen molar-refractivity contribution >= 4 is 17.5 Å². The number of benzene rings is 2. The quantitative estimate of drug-likeness (QED) is 0.338. The van der Waals surface area contributed by atoms with Crippen LogP contribution in [0.5, 0.6) is 0 Å². The third-order valence-corrected chi connectivity index (χ3v) is 6.66. The average Bonchev–Trinajstić information content (AvgIpc) is 3.54. The van der Waals surface area contributed by atoms with Crippen LogP contribution in [0.25, 0.3) is 16.9 Å². The first-order valence-corrected chi connectivity index (χ1v) is 12.0. The van der Waals surface area contributed by atoms with E-state index in [-0.39, 0.29) is 58.3 Å². The number of fused-ring (bicyclic) bond motifs is 1. The van der Waals surface area contributed by atoms with E-state index in [2.05, 4.69) is 20.4 Å². The van der Waals surface area contributed by atoms with E-state index < -0.39 is 17.7 Å². The van der Waals surface area contributed by atoms with Crippen molar-refractivity contribution in [2.45, 2.75) is 32.0 Å². The Morgan fingerprint density at radius 2 is 2.08 bits per heavy atom. The first-order valence-electron chi connectivity index (χ1n) is 12.0. The molecular weight excluding hydrogens is 494 g/mol. The van der Waals surface area contributed by atoms with Gasteiger partial charge in [0, 0.05) is 30.3 Å². The Labute approximate surface area is 216 Å². The van der Waals surface area contributed by atoms with Crippen molar-refractivity contribution in [3.8, 4) is 17.3 Å². The maximum absolute atomic E-state index is 15.1. The SMILES string of the molecule is CCN(Cc1cccc(F)c1C(O)c1nc2cc(-c3cccc(C#N)c3F)nc(N)n2n1)[C@H]1CCNC1=O. The van der Waals surface area contributed by atoms with Gasteiger partial charge in [0.2, 0.25) is 11.9 Å². The number of halogens is 2. The molecule has 0 bridgehead atoms. The van der Waals surface area contributed by atoms with E-state index in [1.54, 1.807) is 18.2 Å². The van der Waals surface area contributed by atoms with Gasteiger partial charge in [0.25, 0.3) is 0 Å². The standard InChI is InChI=1S/C26H24F2N8O2/c1-2-35(19-9-10-31-25(19)38)13-15-6-4-8-17(27)21(15)23(37)24-33-20-11-18(32-26(30)36(20)34-24)16-7-3-5-14(12-29)22(16)28/h3-8,11,19,23,37H,2,9-10,13H2,1H3,(H2,30,32)(H,31,38)/t19-,23?/m0/s1. The summed E-state index contributed by atoms with van der Waals surface area (Å²) in [5, 5.41) is 27.4. The Kier molecular flexibility index (Phi) is 6.71. The molecule has 0 saturated carbocycles. The van der Waals surface area contributed by atoms with E-state index in [0.29, 0.717) is 25.1 Å². The highest BCUT2D eigenvalue weighted by Crippen LogP contribution is 2.30. The van der Waals surface area contributed by atoms with E-state index in [1.165, 1.54) is 30.3 Å². The highest BCUT2D eigenvalue weighted by atomic mass is 19.1. The van der Waals surface area contributed by atoms with Crippen LogP contribution in [0.2, 0.25) is 0 Å². The third kappa shape index (κ3) is 4.42. The van der Waals surface area contributed by atoms with E-state index in [9.17, 15) is 14.3 Å². The number of nitriles is 1. The number of rotatable bonds is 7. The number of aliphatic hydroxyl groups excluding tert-OH is 1. The number of nitrogens with one attached hydrogen (secondary N) is 1. The maximum atomic E-state index is 15.1. The van der Waals surface area contributed by atoms with Gasteiger partial charge >= 0.3 is 0 Å². The molecule has 1 saturated heterocycles. The Balaban J connectivity index is 1.52. The summed E-state index contributed by atoms with van der Waals surface area (Å²) < 4.78 is 31.0. The first-order chi connectivity index (χ1) is 18.3. The first kappa shape index (κ1) is 25.2. The molecule has 1 fully saturated rings. The Morgan fingerprint density at radius 1 is 1.29 bits per heavy atom. The number of amides is 1. The zero-order valence-electron chi connectivity index (χ0n) is 20.4. The molecule has 4 aromatic rings. The lowest BCUT2D eigenvalue weighted by Gasteiger charge is -2.27. The van der Waals surface area contributed by atoms with Crippen LogP contribution < -0.4 is 11.1 Å². The summed E-state index contributed by atoms with van der Waals surface area (Å²) >= 11 is 0. The van der Waals surface area contributed by atoms with Gasteiger partial charge < -0.3 is 16.2 Å². The zero-order valence-corrected chi connectivity index (χ0v) is 20.4. The van der Waals surface area contributed by atoms with Crippen LogP contribution in [-0.2, 0) is 11.3 Å². The molecule has 1 unspecified atom stereocenters. The number of aliphatic hydroxyl groups is 1. The molecule has 0 aliphatic carbocycles. The third-order valence-electron chi connectivity index (χ3n) is 6.66. The van der Waals surface area contributed by atoms with Gasteiger partial charge in [-0.2, -0.15) is 9.78 Å². The largest absolute Gasteiger partial charge is 0.380 e. The molecule has 5 rings (SSSR count). The van der Waals surface area contributed by atoms with E-state index in [4.69, 9.17) is 11.0 Å². The molecule has 2 aromatic carbocycles. The second kappa shape index (κ2) is 10.1. The molecule has 1 amide bonds. The van der Waals surface area contributed by atoms with Crippen LogP contribution in [0.3, 0.4) is 0 Å². The fourth-order valence-corrected chi connectivity index (χ4v) is 4.74. The molecule has 2 atom stereocenters. The minimum Gasteiger partial charge on any atom is -0.380 e. The lowest BCUT2D eigenvalue weighted by atomic mass is 9.99. The monoisotopic (exact) mass is 518 g/mol. The van der Waals surface area contributed by atoms with Gasteiger partial charge in [0.05, 0.1) is 17.3 Å². The molecule has 1 aliphatic heterocycles. The fourth-order valence-electron chi connectivity index (χ4n) is 4.74. The van der Waals surface area contributed by atoms with Crippen LogP contribution in [-0.4, -0.2) is 54.6 Å². The summed E-state index contributed by atoms with van der Waals surface area (Å²) in [6, 6.07) is 11.6. The number of carbonyl (C=O) groups excluding carboxylic acids is 1. The summed E-state index contributed by atoms with van der Waals surface area (Å²) in [6.45, 7) is 3.26. The van der Waals surface area contributed by atoms with Crippen LogP contribution in [0, 0.1) is 23.0 Å². The predicted octanol–water partition coefficient (Wildman–Crippen LogP) is 2.32. The number of aromatic nitrogens is 4. The molecular formula is C26H24F2N8O2. The van der Waals surface area contributed by atoms with Crippen molar-refractivity contribution < 1.29 is 18.7 Å². The summed E-state index contributed by atoms with van der Waals surface area (Å²) in [5.74, 6) is -1.75. The normalized spacial score (nSPS) is 16.1. The summed E-state index contributed by atoms with van der Waals surface area (Å²) in [4.78, 5) is 22.7. The van der Waals surface area contributed by atoms with Gasteiger partial charge in [-0.15, -0.1) is 5.10 Å². The lowest BCUT2D eigenvalue weighted by molar-refractivity contribution is -0.123. The minimum absolute atomic E-state index is 0.0141. The fraction of sp³-hybridized carbons (Fsp3) is 0.269. The number of nitrogens with zero attached hydrogens (tertiary/aromatic N) is 6. The number of anilines is 1. The summed E-state index contributed by atoms with van der Waals surface area (Å²) in [6.07, 6.45) is -0.913. The van der Waals surface area contributed by atoms with Crippen molar-refractivity contribution in [1.82, 2.24) is 29.8 Å². The topological polar surface area (TPSA) is 145 Å². The van der Waals surface area contributed by atoms with Gasteiger partial charge in [-0.25, -0.2) is 18.7 Å². The number of hydrogen-bond acceptors (Lipinski definition) is 8. The minimum atomic E-state index is -1.55. The van der Waals surface area contributed by atoms with Gasteiger partial charge in [0.15, 0.2) is 11.5 Å². The van der Waals surface area contributed by atoms with Crippen molar-refractivity contribution in [1.29, 1.82) is 5.26 Å². The summed E-state index contributed by atoms with van der Waals surface area (Å²) in [7, 11) is 0. The Bertz CT molecular complexity index is 1580. The predicted molar refractivity (Wildman–Crippen MR) is 133 cm³/mol. The van der Waals surface area contributed by atoms with Crippen molar-refractivity contribution in [3.05, 3.63) is 76.6 Å². The molecule has 2 aromatic heterocycles. The molecule has 38 heavy (non-hydrogen) atoms. The smallest absolute Gasteiger partial charge is 0.237 e. The second-order valence-corrected chi connectivity index (χ2v) is 8.89. The zero-order chi connectivity index (χ0) is 27.0. The maximum Gasteiger partial charge on any atom is 0.237 e. The van der Waals surface area contributed by atoms with Crippen LogP contribution >= 0.6 is 0 Å².